The summed E-state index contributed by atoms with van der Waals surface area (Å²) in [6, 6.07) is 15.7. The molecule has 0 atom stereocenters. The Morgan fingerprint density at radius 1 is 1.07 bits per heavy atom. The van der Waals surface area contributed by atoms with Gasteiger partial charge in [0.25, 0.3) is 5.69 Å². The molecule has 0 aliphatic heterocycles. The van der Waals surface area contributed by atoms with Gasteiger partial charge in [0, 0.05) is 23.6 Å². The van der Waals surface area contributed by atoms with Crippen LogP contribution >= 0.6 is 11.3 Å². The lowest BCUT2D eigenvalue weighted by molar-refractivity contribution is -0.384. The van der Waals surface area contributed by atoms with Crippen molar-refractivity contribution in [2.24, 2.45) is 4.99 Å². The molecular weight excluding hydrogens is 382 g/mol. The number of benzene rings is 2. The van der Waals surface area contributed by atoms with E-state index < -0.39 is 0 Å². The van der Waals surface area contributed by atoms with Crippen LogP contribution in [0.25, 0.3) is 11.3 Å². The van der Waals surface area contributed by atoms with Gasteiger partial charge in [-0.3, -0.25) is 10.1 Å². The molecule has 3 aromatic rings. The average Bonchev–Trinajstić information content (AvgIpc) is 3.18. The Bertz CT molecular complexity index is 1040. The van der Waals surface area contributed by atoms with Crippen LogP contribution in [0, 0.1) is 10.1 Å². The first-order valence-electron chi connectivity index (χ1n) is 10.2. The molecule has 0 bridgehead atoms. The second-order valence-corrected chi connectivity index (χ2v) is 8.34. The topological polar surface area (TPSA) is 60.4 Å². The lowest BCUT2D eigenvalue weighted by Crippen LogP contribution is -2.23. The lowest BCUT2D eigenvalue weighted by Gasteiger charge is -2.25. The number of thiazole rings is 1. The van der Waals surface area contributed by atoms with Crippen molar-refractivity contribution < 1.29 is 4.92 Å². The van der Waals surface area contributed by atoms with Crippen LogP contribution in [0.15, 0.2) is 58.9 Å². The molecule has 6 heteroatoms. The zero-order chi connectivity index (χ0) is 20.2. The van der Waals surface area contributed by atoms with Crippen molar-refractivity contribution >= 4 is 22.7 Å². The second kappa shape index (κ2) is 8.74. The highest BCUT2D eigenvalue weighted by Crippen LogP contribution is 2.33. The van der Waals surface area contributed by atoms with Gasteiger partial charge >= 0.3 is 0 Å². The van der Waals surface area contributed by atoms with Crippen LogP contribution in [0.3, 0.4) is 0 Å². The maximum absolute atomic E-state index is 11.0. The molecule has 1 heterocycles. The number of aryl methyl sites for hydroxylation is 1. The largest absolute Gasteiger partial charge is 0.313 e. The summed E-state index contributed by atoms with van der Waals surface area (Å²) < 4.78 is 2.36. The summed E-state index contributed by atoms with van der Waals surface area (Å²) >= 11 is 1.64. The van der Waals surface area contributed by atoms with Crippen molar-refractivity contribution in [3.63, 3.8) is 0 Å². The van der Waals surface area contributed by atoms with Gasteiger partial charge < -0.3 is 4.57 Å². The predicted molar refractivity (Wildman–Crippen MR) is 118 cm³/mol. The van der Waals surface area contributed by atoms with Crippen molar-refractivity contribution in [3.8, 4) is 11.3 Å². The smallest absolute Gasteiger partial charge is 0.269 e. The highest BCUT2D eigenvalue weighted by Gasteiger charge is 2.20. The lowest BCUT2D eigenvalue weighted by atomic mass is 9.95. The van der Waals surface area contributed by atoms with E-state index in [2.05, 4.69) is 41.1 Å². The maximum Gasteiger partial charge on any atom is 0.269 e. The first kappa shape index (κ1) is 19.6. The number of hydrogen-bond acceptors (Lipinski definition) is 4. The minimum Gasteiger partial charge on any atom is -0.313 e. The number of nitro groups is 1. The molecule has 0 N–H and O–H groups in total. The van der Waals surface area contributed by atoms with Crippen molar-refractivity contribution in [2.75, 3.05) is 0 Å². The van der Waals surface area contributed by atoms with E-state index in [0.29, 0.717) is 6.04 Å². The Morgan fingerprint density at radius 3 is 2.38 bits per heavy atom. The summed E-state index contributed by atoms with van der Waals surface area (Å²) in [6.07, 6.45) is 7.08. The molecule has 4 rings (SSSR count). The van der Waals surface area contributed by atoms with Crippen molar-refractivity contribution in [2.45, 2.75) is 51.5 Å². The van der Waals surface area contributed by atoms with Crippen LogP contribution < -0.4 is 4.80 Å². The van der Waals surface area contributed by atoms with Crippen LogP contribution in [0.2, 0.25) is 0 Å². The molecule has 0 amide bonds. The van der Waals surface area contributed by atoms with Gasteiger partial charge in [0.2, 0.25) is 0 Å². The SMILES string of the molecule is CCc1ccc(N=c2scc(-c3ccc([N+](=O)[O-])cc3)n2C2CCCCC2)cc1. The van der Waals surface area contributed by atoms with Crippen LogP contribution in [0.1, 0.15) is 50.6 Å². The highest BCUT2D eigenvalue weighted by atomic mass is 32.1. The number of rotatable bonds is 5. The molecule has 0 saturated heterocycles. The summed E-state index contributed by atoms with van der Waals surface area (Å²) in [6.45, 7) is 2.15. The van der Waals surface area contributed by atoms with Gasteiger partial charge in [-0.05, 0) is 54.7 Å². The molecule has 2 aromatic carbocycles. The molecule has 0 unspecified atom stereocenters. The average molecular weight is 408 g/mol. The van der Waals surface area contributed by atoms with Crippen LogP contribution in [-0.2, 0) is 6.42 Å². The Hall–Kier alpha value is -2.73. The van der Waals surface area contributed by atoms with Crippen molar-refractivity contribution in [3.05, 3.63) is 74.4 Å². The van der Waals surface area contributed by atoms with Crippen LogP contribution in [-0.4, -0.2) is 9.49 Å². The van der Waals surface area contributed by atoms with Crippen LogP contribution in [0.4, 0.5) is 11.4 Å². The molecule has 29 heavy (non-hydrogen) atoms. The molecule has 0 radical (unpaired) electrons. The number of nitrogens with zero attached hydrogens (tertiary/aromatic N) is 3. The van der Waals surface area contributed by atoms with Crippen LogP contribution in [0.5, 0.6) is 0 Å². The van der Waals surface area contributed by atoms with E-state index in [-0.39, 0.29) is 10.6 Å². The fourth-order valence-electron chi connectivity index (χ4n) is 3.98. The van der Waals surface area contributed by atoms with E-state index in [1.54, 1.807) is 23.5 Å². The summed E-state index contributed by atoms with van der Waals surface area (Å²) in [7, 11) is 0. The van der Waals surface area contributed by atoms with Gasteiger partial charge in [-0.15, -0.1) is 11.3 Å². The molecule has 1 fully saturated rings. The second-order valence-electron chi connectivity index (χ2n) is 7.50. The number of non-ortho nitro benzene ring substituents is 1. The van der Waals surface area contributed by atoms with Gasteiger partial charge in [-0.2, -0.15) is 0 Å². The van der Waals surface area contributed by atoms with Gasteiger partial charge in [-0.1, -0.05) is 38.3 Å². The molecule has 1 aromatic heterocycles. The van der Waals surface area contributed by atoms with E-state index in [1.807, 2.05) is 12.1 Å². The van der Waals surface area contributed by atoms with E-state index in [9.17, 15) is 10.1 Å². The molecular formula is C23H25N3O2S. The fourth-order valence-corrected chi connectivity index (χ4v) is 4.96. The van der Waals surface area contributed by atoms with Gasteiger partial charge in [0.05, 0.1) is 16.3 Å². The minimum absolute atomic E-state index is 0.120. The summed E-state index contributed by atoms with van der Waals surface area (Å²) in [4.78, 5) is 16.6. The summed E-state index contributed by atoms with van der Waals surface area (Å²) in [5, 5.41) is 13.1. The molecule has 1 saturated carbocycles. The van der Waals surface area contributed by atoms with Gasteiger partial charge in [0.15, 0.2) is 4.80 Å². The third-order valence-corrected chi connectivity index (χ3v) is 6.46. The first-order chi connectivity index (χ1) is 14.2. The van der Waals surface area contributed by atoms with E-state index >= 15 is 0 Å². The van der Waals surface area contributed by atoms with E-state index in [1.165, 1.54) is 24.8 Å². The number of nitro benzene ring substituents is 1. The maximum atomic E-state index is 11.0. The summed E-state index contributed by atoms with van der Waals surface area (Å²) in [5.74, 6) is 0. The Morgan fingerprint density at radius 2 is 1.76 bits per heavy atom. The third kappa shape index (κ3) is 4.32. The van der Waals surface area contributed by atoms with Gasteiger partial charge in [0.1, 0.15) is 0 Å². The monoisotopic (exact) mass is 407 g/mol. The van der Waals surface area contributed by atoms with Crippen molar-refractivity contribution in [1.82, 2.24) is 4.57 Å². The summed E-state index contributed by atoms with van der Waals surface area (Å²) in [5.41, 5.74) is 4.49. The molecule has 150 valence electrons. The van der Waals surface area contributed by atoms with E-state index in [4.69, 9.17) is 4.99 Å². The fraction of sp³-hybridized carbons (Fsp3) is 0.348. The normalized spacial score (nSPS) is 15.6. The zero-order valence-corrected chi connectivity index (χ0v) is 17.4. The molecule has 0 spiro atoms. The Kier molecular flexibility index (Phi) is 5.90. The van der Waals surface area contributed by atoms with Crippen molar-refractivity contribution in [1.29, 1.82) is 0 Å². The Balaban J connectivity index is 1.79. The molecule has 1 aliphatic carbocycles. The highest BCUT2D eigenvalue weighted by molar-refractivity contribution is 7.07. The third-order valence-electron chi connectivity index (χ3n) is 5.62. The molecule has 5 nitrogen and oxygen atoms in total. The molecule has 1 aliphatic rings. The number of hydrogen-bond donors (Lipinski definition) is 0. The number of aromatic nitrogens is 1. The predicted octanol–water partition coefficient (Wildman–Crippen LogP) is 6.42. The first-order valence-corrected chi connectivity index (χ1v) is 11.1. The minimum atomic E-state index is -0.354. The van der Waals surface area contributed by atoms with E-state index in [0.717, 1.165) is 41.0 Å². The van der Waals surface area contributed by atoms with Gasteiger partial charge in [-0.25, -0.2) is 4.99 Å². The standard InChI is InChI=1S/C23H25N3O2S/c1-2-17-8-12-19(13-9-17)24-23-25(20-6-4-3-5-7-20)22(16-29-23)18-10-14-21(15-11-18)26(27)28/h8-16,20H,2-7H2,1H3. The quantitative estimate of drug-likeness (QED) is 0.362. The Labute approximate surface area is 174 Å². The zero-order valence-electron chi connectivity index (χ0n) is 16.6.